The number of aliphatic imine (C=N–C) groups is 1. The maximum atomic E-state index is 4.36. The molecule has 0 unspecified atom stereocenters. The SMILES string of the molecule is CN=C(NC)N1CCCC2(CCCCCC2)C1. The average molecular weight is 237 g/mol. The molecule has 0 aromatic rings. The summed E-state index contributed by atoms with van der Waals surface area (Å²) in [5.74, 6) is 1.08. The van der Waals surface area contributed by atoms with E-state index in [1.165, 1.54) is 64.5 Å². The Kier molecular flexibility index (Phi) is 4.30. The fraction of sp³-hybridized carbons (Fsp3) is 0.929. The Morgan fingerprint density at radius 2 is 1.71 bits per heavy atom. The molecule has 2 rings (SSSR count). The van der Waals surface area contributed by atoms with Gasteiger partial charge in [0.2, 0.25) is 0 Å². The molecule has 2 aliphatic rings. The van der Waals surface area contributed by atoms with Crippen LogP contribution in [0.1, 0.15) is 51.4 Å². The van der Waals surface area contributed by atoms with Gasteiger partial charge in [0.05, 0.1) is 0 Å². The summed E-state index contributed by atoms with van der Waals surface area (Å²) in [6, 6.07) is 0. The van der Waals surface area contributed by atoms with Crippen LogP contribution >= 0.6 is 0 Å². The molecule has 0 bridgehead atoms. The molecule has 2 fully saturated rings. The van der Waals surface area contributed by atoms with Crippen LogP contribution in [0.5, 0.6) is 0 Å². The Bertz CT molecular complexity index is 265. The smallest absolute Gasteiger partial charge is 0.193 e. The summed E-state index contributed by atoms with van der Waals surface area (Å²) in [6.45, 7) is 2.40. The van der Waals surface area contributed by atoms with Crippen molar-refractivity contribution < 1.29 is 0 Å². The largest absolute Gasteiger partial charge is 0.359 e. The average Bonchev–Trinajstić information content (AvgIpc) is 2.57. The lowest BCUT2D eigenvalue weighted by molar-refractivity contribution is 0.116. The first-order chi connectivity index (χ1) is 8.29. The zero-order valence-electron chi connectivity index (χ0n) is 11.5. The van der Waals surface area contributed by atoms with E-state index in [0.717, 1.165) is 5.96 Å². The summed E-state index contributed by atoms with van der Waals surface area (Å²) in [5, 5.41) is 3.23. The van der Waals surface area contributed by atoms with Gasteiger partial charge < -0.3 is 10.2 Å². The first-order valence-electron chi connectivity index (χ1n) is 7.19. The molecule has 98 valence electrons. The molecule has 0 radical (unpaired) electrons. The number of hydrogen-bond donors (Lipinski definition) is 1. The molecule has 3 nitrogen and oxygen atoms in total. The number of hydrogen-bond acceptors (Lipinski definition) is 1. The maximum Gasteiger partial charge on any atom is 0.193 e. The fourth-order valence-corrected chi connectivity index (χ4v) is 3.69. The van der Waals surface area contributed by atoms with Crippen LogP contribution in [0.15, 0.2) is 4.99 Å². The predicted molar refractivity (Wildman–Crippen MR) is 73.4 cm³/mol. The summed E-state index contributed by atoms with van der Waals surface area (Å²) >= 11 is 0. The van der Waals surface area contributed by atoms with Gasteiger partial charge in [-0.1, -0.05) is 25.7 Å². The lowest BCUT2D eigenvalue weighted by atomic mass is 9.74. The minimum absolute atomic E-state index is 0.599. The van der Waals surface area contributed by atoms with Gasteiger partial charge in [-0.2, -0.15) is 0 Å². The molecule has 1 heterocycles. The van der Waals surface area contributed by atoms with Crippen molar-refractivity contribution in [1.29, 1.82) is 0 Å². The summed E-state index contributed by atoms with van der Waals surface area (Å²) in [7, 11) is 3.87. The van der Waals surface area contributed by atoms with Gasteiger partial charge in [-0.05, 0) is 31.1 Å². The highest BCUT2D eigenvalue weighted by atomic mass is 15.3. The maximum absolute atomic E-state index is 4.36. The third-order valence-corrected chi connectivity index (χ3v) is 4.56. The molecule has 1 aliphatic heterocycles. The Morgan fingerprint density at radius 3 is 2.29 bits per heavy atom. The summed E-state index contributed by atoms with van der Waals surface area (Å²) < 4.78 is 0. The van der Waals surface area contributed by atoms with Crippen molar-refractivity contribution in [2.45, 2.75) is 51.4 Å². The number of guanidine groups is 1. The number of nitrogens with zero attached hydrogens (tertiary/aromatic N) is 2. The standard InChI is InChI=1S/C14H27N3/c1-15-13(16-2)17-11-7-10-14(12-17)8-5-3-4-6-9-14/h3-12H2,1-2H3,(H,15,16). The normalized spacial score (nSPS) is 25.8. The van der Waals surface area contributed by atoms with Gasteiger partial charge in [-0.3, -0.25) is 4.99 Å². The van der Waals surface area contributed by atoms with Gasteiger partial charge in [0.25, 0.3) is 0 Å². The van der Waals surface area contributed by atoms with Crippen molar-refractivity contribution >= 4 is 5.96 Å². The Morgan fingerprint density at radius 1 is 1.06 bits per heavy atom. The van der Waals surface area contributed by atoms with E-state index in [1.807, 2.05) is 14.1 Å². The third kappa shape index (κ3) is 2.93. The van der Waals surface area contributed by atoms with E-state index in [-0.39, 0.29) is 0 Å². The lowest BCUT2D eigenvalue weighted by Gasteiger charge is -2.43. The molecule has 1 saturated carbocycles. The first kappa shape index (κ1) is 12.7. The van der Waals surface area contributed by atoms with Crippen LogP contribution in [-0.2, 0) is 0 Å². The van der Waals surface area contributed by atoms with E-state index in [1.54, 1.807) is 0 Å². The second-order valence-corrected chi connectivity index (χ2v) is 5.74. The third-order valence-electron chi connectivity index (χ3n) is 4.56. The lowest BCUT2D eigenvalue weighted by Crippen LogP contribution is -2.49. The van der Waals surface area contributed by atoms with E-state index < -0.39 is 0 Å². The zero-order chi connectivity index (χ0) is 12.1. The van der Waals surface area contributed by atoms with E-state index >= 15 is 0 Å². The van der Waals surface area contributed by atoms with Crippen molar-refractivity contribution in [3.05, 3.63) is 0 Å². The predicted octanol–water partition coefficient (Wildman–Crippen LogP) is 2.63. The Labute approximate surface area is 106 Å². The molecular weight excluding hydrogens is 210 g/mol. The van der Waals surface area contributed by atoms with Gasteiger partial charge >= 0.3 is 0 Å². The first-order valence-corrected chi connectivity index (χ1v) is 7.19. The minimum atomic E-state index is 0.599. The van der Waals surface area contributed by atoms with Gasteiger partial charge in [0, 0.05) is 27.2 Å². The number of likely N-dealkylation sites (tertiary alicyclic amines) is 1. The molecule has 0 amide bonds. The van der Waals surface area contributed by atoms with Gasteiger partial charge in [0.1, 0.15) is 0 Å². The highest BCUT2D eigenvalue weighted by Crippen LogP contribution is 2.42. The van der Waals surface area contributed by atoms with Crippen molar-refractivity contribution in [3.8, 4) is 0 Å². The van der Waals surface area contributed by atoms with Crippen LogP contribution < -0.4 is 5.32 Å². The van der Waals surface area contributed by atoms with Crippen LogP contribution in [0.3, 0.4) is 0 Å². The van der Waals surface area contributed by atoms with E-state index in [9.17, 15) is 0 Å². The molecule has 1 spiro atoms. The highest BCUT2D eigenvalue weighted by molar-refractivity contribution is 5.79. The zero-order valence-corrected chi connectivity index (χ0v) is 11.5. The molecule has 0 aromatic heterocycles. The molecule has 1 saturated heterocycles. The van der Waals surface area contributed by atoms with Crippen molar-refractivity contribution in [2.75, 3.05) is 27.2 Å². The number of rotatable bonds is 0. The van der Waals surface area contributed by atoms with E-state index in [4.69, 9.17) is 0 Å². The molecule has 3 heteroatoms. The highest BCUT2D eigenvalue weighted by Gasteiger charge is 2.36. The van der Waals surface area contributed by atoms with Crippen molar-refractivity contribution in [3.63, 3.8) is 0 Å². The molecule has 17 heavy (non-hydrogen) atoms. The molecule has 0 atom stereocenters. The minimum Gasteiger partial charge on any atom is -0.359 e. The molecule has 1 N–H and O–H groups in total. The van der Waals surface area contributed by atoms with E-state index in [2.05, 4.69) is 15.2 Å². The number of piperidine rings is 1. The summed E-state index contributed by atoms with van der Waals surface area (Å²) in [6.07, 6.45) is 11.4. The monoisotopic (exact) mass is 237 g/mol. The second kappa shape index (κ2) is 5.74. The summed E-state index contributed by atoms with van der Waals surface area (Å²) in [5.41, 5.74) is 0.599. The molecule has 0 aromatic carbocycles. The van der Waals surface area contributed by atoms with Gasteiger partial charge in [0.15, 0.2) is 5.96 Å². The Hall–Kier alpha value is -0.730. The van der Waals surface area contributed by atoms with Crippen molar-refractivity contribution in [2.24, 2.45) is 10.4 Å². The Balaban J connectivity index is 2.04. The van der Waals surface area contributed by atoms with Crippen molar-refractivity contribution in [1.82, 2.24) is 10.2 Å². The number of nitrogens with one attached hydrogen (secondary N) is 1. The quantitative estimate of drug-likeness (QED) is 0.518. The van der Waals surface area contributed by atoms with Crippen LogP contribution in [0.4, 0.5) is 0 Å². The van der Waals surface area contributed by atoms with Crippen LogP contribution in [0.25, 0.3) is 0 Å². The van der Waals surface area contributed by atoms with Crippen LogP contribution in [-0.4, -0.2) is 38.0 Å². The molecular formula is C14H27N3. The van der Waals surface area contributed by atoms with Crippen LogP contribution in [0, 0.1) is 5.41 Å². The summed E-state index contributed by atoms with van der Waals surface area (Å²) in [4.78, 5) is 6.83. The van der Waals surface area contributed by atoms with E-state index in [0.29, 0.717) is 5.41 Å². The van der Waals surface area contributed by atoms with Gasteiger partial charge in [-0.15, -0.1) is 0 Å². The van der Waals surface area contributed by atoms with Gasteiger partial charge in [-0.25, -0.2) is 0 Å². The fourth-order valence-electron chi connectivity index (χ4n) is 3.69. The topological polar surface area (TPSA) is 27.6 Å². The van der Waals surface area contributed by atoms with Crippen LogP contribution in [0.2, 0.25) is 0 Å². The molecule has 1 aliphatic carbocycles. The second-order valence-electron chi connectivity index (χ2n) is 5.74.